The molecule has 1 saturated heterocycles. The van der Waals surface area contributed by atoms with E-state index in [4.69, 9.17) is 9.15 Å². The lowest BCUT2D eigenvalue weighted by molar-refractivity contribution is -0.153. The van der Waals surface area contributed by atoms with Crippen LogP contribution in [0.15, 0.2) is 27.9 Å². The number of furan rings is 1. The van der Waals surface area contributed by atoms with Crippen molar-refractivity contribution >= 4 is 11.9 Å². The summed E-state index contributed by atoms with van der Waals surface area (Å²) in [4.78, 5) is 23.6. The molecular weight excluding hydrogens is 220 g/mol. The van der Waals surface area contributed by atoms with Gasteiger partial charge in [-0.15, -0.1) is 0 Å². The van der Waals surface area contributed by atoms with Gasteiger partial charge in [-0.25, -0.2) is 4.79 Å². The van der Waals surface area contributed by atoms with Gasteiger partial charge in [0.15, 0.2) is 0 Å². The topological polar surface area (TPSA) is 56.5 Å². The number of carbonyl (C=O) groups is 2. The Labute approximate surface area is 99.3 Å². The molecule has 0 N–H and O–H groups in total. The summed E-state index contributed by atoms with van der Waals surface area (Å²) in [5, 5.41) is 0. The van der Waals surface area contributed by atoms with Gasteiger partial charge in [-0.05, 0) is 33.8 Å². The Kier molecular flexibility index (Phi) is 2.45. The van der Waals surface area contributed by atoms with Crippen LogP contribution in [0.25, 0.3) is 0 Å². The average molecular weight is 234 g/mol. The number of cyclic esters (lactones) is 2. The Morgan fingerprint density at radius 2 is 1.94 bits per heavy atom. The minimum Gasteiger partial charge on any atom is -0.469 e. The van der Waals surface area contributed by atoms with Crippen molar-refractivity contribution in [2.75, 3.05) is 0 Å². The van der Waals surface area contributed by atoms with Crippen LogP contribution in [0.2, 0.25) is 0 Å². The third-order valence-corrected chi connectivity index (χ3v) is 3.11. The molecule has 4 heteroatoms. The van der Waals surface area contributed by atoms with Gasteiger partial charge in [-0.2, -0.15) is 0 Å². The van der Waals surface area contributed by atoms with Crippen LogP contribution in [0.4, 0.5) is 0 Å². The zero-order chi connectivity index (χ0) is 12.8. The number of hydrogen-bond acceptors (Lipinski definition) is 4. The number of hydrogen-bond donors (Lipinski definition) is 0. The molecule has 2 heterocycles. The lowest BCUT2D eigenvalue weighted by Gasteiger charge is -2.18. The van der Waals surface area contributed by atoms with Gasteiger partial charge in [0.05, 0.1) is 11.8 Å². The molecule has 2 rings (SSSR count). The van der Waals surface area contributed by atoms with E-state index in [1.54, 1.807) is 33.8 Å². The number of carbonyl (C=O) groups excluding carboxylic acids is 2. The second-order valence-corrected chi connectivity index (χ2v) is 4.62. The number of rotatable bonds is 1. The molecule has 0 bridgehead atoms. The molecule has 0 aromatic carbocycles. The van der Waals surface area contributed by atoms with Crippen LogP contribution in [0.3, 0.4) is 0 Å². The lowest BCUT2D eigenvalue weighted by atomic mass is 9.77. The van der Waals surface area contributed by atoms with Gasteiger partial charge in [-0.3, -0.25) is 4.79 Å². The van der Waals surface area contributed by atoms with Gasteiger partial charge in [0, 0.05) is 5.56 Å². The normalized spacial score (nSPS) is 24.1. The Morgan fingerprint density at radius 3 is 2.41 bits per heavy atom. The molecule has 1 aromatic rings. The summed E-state index contributed by atoms with van der Waals surface area (Å²) in [6.45, 7) is 7.06. The number of ether oxygens (including phenoxy) is 1. The van der Waals surface area contributed by atoms with Crippen molar-refractivity contribution in [3.63, 3.8) is 0 Å². The van der Waals surface area contributed by atoms with Gasteiger partial charge in [0.25, 0.3) is 0 Å². The summed E-state index contributed by atoms with van der Waals surface area (Å²) in [5.41, 5.74) is 0.792. The first-order chi connectivity index (χ1) is 7.87. The van der Waals surface area contributed by atoms with Crippen molar-refractivity contribution in [3.8, 4) is 0 Å². The molecule has 0 radical (unpaired) electrons. The number of aryl methyl sites for hydroxylation is 1. The van der Waals surface area contributed by atoms with Crippen LogP contribution in [-0.2, 0) is 19.7 Å². The predicted octanol–water partition coefficient (Wildman–Crippen LogP) is 2.27. The van der Waals surface area contributed by atoms with E-state index in [0.717, 1.165) is 5.57 Å². The summed E-state index contributed by atoms with van der Waals surface area (Å²) in [6, 6.07) is 1.75. The summed E-state index contributed by atoms with van der Waals surface area (Å²) in [7, 11) is 0. The van der Waals surface area contributed by atoms with Crippen LogP contribution in [0.5, 0.6) is 0 Å². The molecular formula is C13H14O4. The largest absolute Gasteiger partial charge is 0.469 e. The molecule has 0 spiro atoms. The number of allylic oxidation sites excluding steroid dienone is 1. The molecule has 4 nitrogen and oxygen atoms in total. The van der Waals surface area contributed by atoms with Crippen molar-refractivity contribution in [2.24, 2.45) is 0 Å². The van der Waals surface area contributed by atoms with E-state index >= 15 is 0 Å². The lowest BCUT2D eigenvalue weighted by Crippen LogP contribution is -2.29. The van der Waals surface area contributed by atoms with Crippen molar-refractivity contribution < 1.29 is 18.7 Å². The molecule has 1 aromatic heterocycles. The molecule has 1 atom stereocenters. The third kappa shape index (κ3) is 1.52. The first-order valence-electron chi connectivity index (χ1n) is 5.37. The fourth-order valence-electron chi connectivity index (χ4n) is 2.22. The van der Waals surface area contributed by atoms with Crippen LogP contribution < -0.4 is 0 Å². The van der Waals surface area contributed by atoms with Crippen molar-refractivity contribution in [2.45, 2.75) is 33.1 Å². The van der Waals surface area contributed by atoms with Crippen LogP contribution >= 0.6 is 0 Å². The van der Waals surface area contributed by atoms with E-state index in [0.29, 0.717) is 16.9 Å². The third-order valence-electron chi connectivity index (χ3n) is 3.11. The smallest absolute Gasteiger partial charge is 0.343 e. The fraction of sp³-hybridized carbons (Fsp3) is 0.385. The first-order valence-corrected chi connectivity index (χ1v) is 5.37. The highest BCUT2D eigenvalue weighted by Gasteiger charge is 2.52. The maximum Gasteiger partial charge on any atom is 0.343 e. The predicted molar refractivity (Wildman–Crippen MR) is 60.3 cm³/mol. The van der Waals surface area contributed by atoms with E-state index in [9.17, 15) is 9.59 Å². The fourth-order valence-corrected chi connectivity index (χ4v) is 2.22. The van der Waals surface area contributed by atoms with Gasteiger partial charge in [0.1, 0.15) is 11.2 Å². The zero-order valence-electron chi connectivity index (χ0n) is 10.3. The molecule has 1 aliphatic heterocycles. The quantitative estimate of drug-likeness (QED) is 0.425. The highest BCUT2D eigenvalue weighted by Crippen LogP contribution is 2.41. The Balaban J connectivity index is 2.66. The van der Waals surface area contributed by atoms with E-state index in [-0.39, 0.29) is 0 Å². The van der Waals surface area contributed by atoms with E-state index in [1.165, 1.54) is 6.26 Å². The summed E-state index contributed by atoms with van der Waals surface area (Å²) in [5.74, 6) is -0.405. The molecule has 90 valence electrons. The second kappa shape index (κ2) is 3.58. The van der Waals surface area contributed by atoms with Gasteiger partial charge in [-0.1, -0.05) is 5.57 Å². The number of esters is 2. The maximum atomic E-state index is 11.9. The van der Waals surface area contributed by atoms with E-state index in [2.05, 4.69) is 0 Å². The van der Waals surface area contributed by atoms with E-state index < -0.39 is 17.4 Å². The molecule has 1 aliphatic rings. The highest BCUT2D eigenvalue weighted by molar-refractivity contribution is 6.13. The second-order valence-electron chi connectivity index (χ2n) is 4.62. The zero-order valence-corrected chi connectivity index (χ0v) is 10.3. The maximum absolute atomic E-state index is 11.9. The first kappa shape index (κ1) is 11.6. The van der Waals surface area contributed by atoms with Crippen molar-refractivity contribution in [3.05, 3.63) is 34.8 Å². The van der Waals surface area contributed by atoms with Crippen molar-refractivity contribution in [1.82, 2.24) is 0 Å². The minimum absolute atomic E-state index is 0.406. The molecule has 17 heavy (non-hydrogen) atoms. The molecule has 0 saturated carbocycles. The highest BCUT2D eigenvalue weighted by atomic mass is 16.6. The molecule has 0 amide bonds. The standard InChI is InChI=1S/C13H14O4/c1-7(2)10-11(14)17-12(15)13(10,4)9-5-8(3)16-6-9/h5-6H,1-4H3. The summed E-state index contributed by atoms with van der Waals surface area (Å²) < 4.78 is 9.95. The molecule has 1 unspecified atom stereocenters. The summed E-state index contributed by atoms with van der Waals surface area (Å²) in [6.07, 6.45) is 1.50. The Bertz CT molecular complexity index is 531. The average Bonchev–Trinajstić information content (AvgIpc) is 2.71. The monoisotopic (exact) mass is 234 g/mol. The van der Waals surface area contributed by atoms with Crippen LogP contribution in [-0.4, -0.2) is 11.9 Å². The van der Waals surface area contributed by atoms with E-state index in [1.807, 2.05) is 0 Å². The molecule has 0 aliphatic carbocycles. The SMILES string of the molecule is CC(C)=C1C(=O)OC(=O)C1(C)c1coc(C)c1. The summed E-state index contributed by atoms with van der Waals surface area (Å²) >= 11 is 0. The van der Waals surface area contributed by atoms with Gasteiger partial charge in [0.2, 0.25) is 0 Å². The molecule has 1 fully saturated rings. The van der Waals surface area contributed by atoms with Crippen LogP contribution in [0, 0.1) is 6.92 Å². The Hall–Kier alpha value is -1.84. The van der Waals surface area contributed by atoms with Gasteiger partial charge >= 0.3 is 11.9 Å². The van der Waals surface area contributed by atoms with Crippen molar-refractivity contribution in [1.29, 1.82) is 0 Å². The van der Waals surface area contributed by atoms with Crippen LogP contribution in [0.1, 0.15) is 32.1 Å². The Morgan fingerprint density at radius 1 is 1.29 bits per heavy atom. The minimum atomic E-state index is -1.05. The van der Waals surface area contributed by atoms with Gasteiger partial charge < -0.3 is 9.15 Å².